The molecule has 0 aromatic heterocycles. The summed E-state index contributed by atoms with van der Waals surface area (Å²) in [7, 11) is 0. The Labute approximate surface area is 118 Å². The zero-order valence-corrected chi connectivity index (χ0v) is 11.7. The normalized spacial score (nSPS) is 10.6. The zero-order valence-electron chi connectivity index (χ0n) is 10.2. The molecule has 0 unspecified atom stereocenters. The SMILES string of the molecule is CCNCc1ccccc1-c1cccc(Cl)c1Cl. The summed E-state index contributed by atoms with van der Waals surface area (Å²) in [4.78, 5) is 0. The van der Waals surface area contributed by atoms with Gasteiger partial charge in [-0.3, -0.25) is 0 Å². The molecule has 3 heteroatoms. The van der Waals surface area contributed by atoms with E-state index in [1.807, 2.05) is 24.3 Å². The molecule has 0 aliphatic rings. The van der Waals surface area contributed by atoms with E-state index in [2.05, 4.69) is 24.4 Å². The molecule has 94 valence electrons. The first-order valence-corrected chi connectivity index (χ1v) is 6.72. The van der Waals surface area contributed by atoms with Gasteiger partial charge in [0.2, 0.25) is 0 Å². The third-order valence-corrected chi connectivity index (χ3v) is 3.64. The van der Waals surface area contributed by atoms with Crippen LogP contribution in [-0.4, -0.2) is 6.54 Å². The molecule has 0 aliphatic heterocycles. The molecule has 0 radical (unpaired) electrons. The van der Waals surface area contributed by atoms with Gasteiger partial charge in [-0.25, -0.2) is 0 Å². The highest BCUT2D eigenvalue weighted by atomic mass is 35.5. The number of nitrogens with one attached hydrogen (secondary N) is 1. The van der Waals surface area contributed by atoms with Crippen LogP contribution in [0, 0.1) is 0 Å². The predicted octanol–water partition coefficient (Wildman–Crippen LogP) is 4.77. The number of hydrogen-bond donors (Lipinski definition) is 1. The Hall–Kier alpha value is -1.02. The Morgan fingerprint density at radius 3 is 2.44 bits per heavy atom. The van der Waals surface area contributed by atoms with Crippen molar-refractivity contribution in [2.45, 2.75) is 13.5 Å². The first kappa shape index (κ1) is 13.4. The lowest BCUT2D eigenvalue weighted by Crippen LogP contribution is -2.12. The molecule has 0 spiro atoms. The summed E-state index contributed by atoms with van der Waals surface area (Å²) in [5.74, 6) is 0. The van der Waals surface area contributed by atoms with Gasteiger partial charge in [-0.05, 0) is 23.7 Å². The van der Waals surface area contributed by atoms with Crippen molar-refractivity contribution < 1.29 is 0 Å². The minimum atomic E-state index is 0.590. The summed E-state index contributed by atoms with van der Waals surface area (Å²) in [6, 6.07) is 14.0. The third-order valence-electron chi connectivity index (χ3n) is 2.82. The van der Waals surface area contributed by atoms with Crippen molar-refractivity contribution in [3.05, 3.63) is 58.1 Å². The smallest absolute Gasteiger partial charge is 0.0670 e. The second kappa shape index (κ2) is 6.24. The van der Waals surface area contributed by atoms with Crippen molar-refractivity contribution in [1.29, 1.82) is 0 Å². The fourth-order valence-corrected chi connectivity index (χ4v) is 2.31. The van der Waals surface area contributed by atoms with Crippen molar-refractivity contribution in [2.24, 2.45) is 0 Å². The molecule has 0 bridgehead atoms. The molecule has 2 aromatic rings. The topological polar surface area (TPSA) is 12.0 Å². The van der Waals surface area contributed by atoms with Gasteiger partial charge in [0.1, 0.15) is 0 Å². The Balaban J connectivity index is 2.46. The summed E-state index contributed by atoms with van der Waals surface area (Å²) in [6.45, 7) is 3.86. The maximum Gasteiger partial charge on any atom is 0.0670 e. The van der Waals surface area contributed by atoms with Gasteiger partial charge in [0.15, 0.2) is 0 Å². The lowest BCUT2D eigenvalue weighted by atomic mass is 9.99. The van der Waals surface area contributed by atoms with Gasteiger partial charge in [0.25, 0.3) is 0 Å². The fourth-order valence-electron chi connectivity index (χ4n) is 1.91. The first-order valence-electron chi connectivity index (χ1n) is 5.97. The van der Waals surface area contributed by atoms with Gasteiger partial charge in [-0.15, -0.1) is 0 Å². The van der Waals surface area contributed by atoms with Crippen LogP contribution in [0.25, 0.3) is 11.1 Å². The molecule has 0 aliphatic carbocycles. The van der Waals surface area contributed by atoms with Crippen molar-refractivity contribution in [2.75, 3.05) is 6.54 Å². The van der Waals surface area contributed by atoms with E-state index in [9.17, 15) is 0 Å². The first-order chi connectivity index (χ1) is 8.74. The van der Waals surface area contributed by atoms with Gasteiger partial charge in [-0.2, -0.15) is 0 Å². The van der Waals surface area contributed by atoms with Crippen LogP contribution in [0.2, 0.25) is 10.0 Å². The molecule has 0 saturated heterocycles. The third kappa shape index (κ3) is 2.86. The minimum Gasteiger partial charge on any atom is -0.313 e. The summed E-state index contributed by atoms with van der Waals surface area (Å²) in [5, 5.41) is 4.54. The molecule has 0 fully saturated rings. The van der Waals surface area contributed by atoms with Gasteiger partial charge >= 0.3 is 0 Å². The van der Waals surface area contributed by atoms with Crippen LogP contribution in [-0.2, 0) is 6.54 Å². The van der Waals surface area contributed by atoms with E-state index >= 15 is 0 Å². The van der Waals surface area contributed by atoms with Crippen molar-refractivity contribution in [3.63, 3.8) is 0 Å². The Bertz CT molecular complexity index is 538. The maximum atomic E-state index is 6.28. The number of benzene rings is 2. The maximum absolute atomic E-state index is 6.28. The van der Waals surface area contributed by atoms with Crippen LogP contribution in [0.4, 0.5) is 0 Å². The summed E-state index contributed by atoms with van der Waals surface area (Å²) >= 11 is 12.4. The number of halogens is 2. The standard InChI is InChI=1S/C15H15Cl2N/c1-2-18-10-11-6-3-4-7-12(11)13-8-5-9-14(16)15(13)17/h3-9,18H,2,10H2,1H3. The van der Waals surface area contributed by atoms with Crippen LogP contribution in [0.3, 0.4) is 0 Å². The number of rotatable bonds is 4. The molecule has 0 heterocycles. The van der Waals surface area contributed by atoms with Crippen LogP contribution < -0.4 is 5.32 Å². The number of hydrogen-bond acceptors (Lipinski definition) is 1. The molecule has 1 nitrogen and oxygen atoms in total. The van der Waals surface area contributed by atoms with Gasteiger partial charge in [0, 0.05) is 12.1 Å². The van der Waals surface area contributed by atoms with E-state index in [4.69, 9.17) is 23.2 Å². The lowest BCUT2D eigenvalue weighted by molar-refractivity contribution is 0.728. The Morgan fingerprint density at radius 1 is 0.944 bits per heavy atom. The van der Waals surface area contributed by atoms with Crippen LogP contribution in [0.5, 0.6) is 0 Å². The Kier molecular flexibility index (Phi) is 4.65. The lowest BCUT2D eigenvalue weighted by Gasteiger charge is -2.12. The Morgan fingerprint density at radius 2 is 1.67 bits per heavy atom. The highest BCUT2D eigenvalue weighted by Crippen LogP contribution is 2.35. The van der Waals surface area contributed by atoms with E-state index in [0.717, 1.165) is 24.2 Å². The molecule has 18 heavy (non-hydrogen) atoms. The van der Waals surface area contributed by atoms with Crippen LogP contribution >= 0.6 is 23.2 Å². The fraction of sp³-hybridized carbons (Fsp3) is 0.200. The summed E-state index contributed by atoms with van der Waals surface area (Å²) in [5.41, 5.74) is 3.34. The molecular formula is C15H15Cl2N. The summed E-state index contributed by atoms with van der Waals surface area (Å²) < 4.78 is 0. The zero-order chi connectivity index (χ0) is 13.0. The van der Waals surface area contributed by atoms with E-state index in [0.29, 0.717) is 10.0 Å². The van der Waals surface area contributed by atoms with E-state index < -0.39 is 0 Å². The monoisotopic (exact) mass is 279 g/mol. The largest absolute Gasteiger partial charge is 0.313 e. The molecule has 2 rings (SSSR count). The van der Waals surface area contributed by atoms with Crippen molar-refractivity contribution in [1.82, 2.24) is 5.32 Å². The van der Waals surface area contributed by atoms with Gasteiger partial charge in [0.05, 0.1) is 10.0 Å². The highest BCUT2D eigenvalue weighted by molar-refractivity contribution is 6.43. The van der Waals surface area contributed by atoms with Gasteiger partial charge in [-0.1, -0.05) is 66.5 Å². The average molecular weight is 280 g/mol. The van der Waals surface area contributed by atoms with Crippen LogP contribution in [0.1, 0.15) is 12.5 Å². The van der Waals surface area contributed by atoms with E-state index in [1.54, 1.807) is 6.07 Å². The second-order valence-corrected chi connectivity index (χ2v) is 4.82. The van der Waals surface area contributed by atoms with Crippen molar-refractivity contribution in [3.8, 4) is 11.1 Å². The molecule has 1 N–H and O–H groups in total. The second-order valence-electron chi connectivity index (χ2n) is 4.04. The molecule has 0 atom stereocenters. The summed E-state index contributed by atoms with van der Waals surface area (Å²) in [6.07, 6.45) is 0. The molecular weight excluding hydrogens is 265 g/mol. The highest BCUT2D eigenvalue weighted by Gasteiger charge is 2.09. The molecule has 0 saturated carbocycles. The van der Waals surface area contributed by atoms with Crippen molar-refractivity contribution >= 4 is 23.2 Å². The van der Waals surface area contributed by atoms with Gasteiger partial charge < -0.3 is 5.32 Å². The van der Waals surface area contributed by atoms with E-state index in [-0.39, 0.29) is 0 Å². The molecule has 2 aromatic carbocycles. The van der Waals surface area contributed by atoms with Crippen LogP contribution in [0.15, 0.2) is 42.5 Å². The quantitative estimate of drug-likeness (QED) is 0.850. The minimum absolute atomic E-state index is 0.590. The van der Waals surface area contributed by atoms with E-state index in [1.165, 1.54) is 5.56 Å². The average Bonchev–Trinajstić information content (AvgIpc) is 2.40. The predicted molar refractivity (Wildman–Crippen MR) is 79.3 cm³/mol. The molecule has 0 amide bonds.